The van der Waals surface area contributed by atoms with Gasteiger partial charge in [-0.3, -0.25) is 0 Å². The van der Waals surface area contributed by atoms with Crippen molar-refractivity contribution in [1.29, 1.82) is 0 Å². The third-order valence-electron chi connectivity index (χ3n) is 1.53. The number of esters is 1. The summed E-state index contributed by atoms with van der Waals surface area (Å²) in [6.07, 6.45) is 0. The zero-order chi connectivity index (χ0) is 9.84. The lowest BCUT2D eigenvalue weighted by Crippen LogP contribution is -2.02. The molecule has 1 rings (SSSR count). The fraction of sp³-hybridized carbons (Fsp3) is 0.222. The Kier molecular flexibility index (Phi) is 4.18. The van der Waals surface area contributed by atoms with Crippen LogP contribution in [0.1, 0.15) is 15.9 Å². The van der Waals surface area contributed by atoms with Crippen LogP contribution in [0.2, 0.25) is 0 Å². The molecule has 1 aromatic carbocycles. The van der Waals surface area contributed by atoms with Gasteiger partial charge in [0, 0.05) is 8.90 Å². The molecule has 0 saturated carbocycles. The first-order valence-electron chi connectivity index (χ1n) is 3.61. The molecule has 0 spiro atoms. The van der Waals surface area contributed by atoms with Crippen LogP contribution in [-0.2, 0) is 10.1 Å². The number of methoxy groups -OCH3 is 1. The van der Waals surface area contributed by atoms with Crippen LogP contribution >= 0.6 is 38.5 Å². The molecule has 0 aliphatic carbocycles. The van der Waals surface area contributed by atoms with Crippen LogP contribution in [0.5, 0.6) is 0 Å². The smallest absolute Gasteiger partial charge is 0.337 e. The van der Waals surface area contributed by atoms with Gasteiger partial charge in [-0.2, -0.15) is 0 Å². The Labute approximate surface area is 98.9 Å². The molecule has 1 aromatic rings. The number of hydrogen-bond donors (Lipinski definition) is 0. The fourth-order valence-corrected chi connectivity index (χ4v) is 2.02. The Morgan fingerprint density at radius 3 is 2.77 bits per heavy atom. The van der Waals surface area contributed by atoms with E-state index in [1.807, 2.05) is 12.1 Å². The summed E-state index contributed by atoms with van der Waals surface area (Å²) < 4.78 is 5.67. The van der Waals surface area contributed by atoms with Gasteiger partial charge in [0.1, 0.15) is 0 Å². The minimum atomic E-state index is -0.291. The molecule has 0 aromatic heterocycles. The third kappa shape index (κ3) is 2.95. The molecule has 0 aliphatic rings. The van der Waals surface area contributed by atoms with Gasteiger partial charge in [-0.1, -0.05) is 15.9 Å². The van der Waals surface area contributed by atoms with E-state index in [0.717, 1.165) is 14.5 Å². The predicted octanol–water partition coefficient (Wildman–Crippen LogP) is 2.97. The van der Waals surface area contributed by atoms with Crippen molar-refractivity contribution >= 4 is 44.5 Å². The van der Waals surface area contributed by atoms with E-state index in [9.17, 15) is 4.79 Å². The number of benzene rings is 1. The lowest BCUT2D eigenvalue weighted by Gasteiger charge is -2.02. The number of rotatable bonds is 2. The van der Waals surface area contributed by atoms with Crippen molar-refractivity contribution in [2.75, 3.05) is 7.11 Å². The second-order valence-corrected chi connectivity index (χ2v) is 4.28. The summed E-state index contributed by atoms with van der Waals surface area (Å²) in [6.45, 7) is 0. The van der Waals surface area contributed by atoms with Crippen molar-refractivity contribution in [3.05, 3.63) is 32.9 Å². The number of alkyl halides is 1. The van der Waals surface area contributed by atoms with E-state index in [1.54, 1.807) is 6.07 Å². The first-order valence-corrected chi connectivity index (χ1v) is 5.81. The molecular formula is C9H8BrIO2. The minimum Gasteiger partial charge on any atom is -0.465 e. The number of halogens is 2. The van der Waals surface area contributed by atoms with E-state index < -0.39 is 0 Å². The van der Waals surface area contributed by atoms with Crippen molar-refractivity contribution in [1.82, 2.24) is 0 Å². The lowest BCUT2D eigenvalue weighted by atomic mass is 10.1. The molecule has 0 fully saturated rings. The molecule has 4 heteroatoms. The van der Waals surface area contributed by atoms with E-state index >= 15 is 0 Å². The summed E-state index contributed by atoms with van der Waals surface area (Å²) in [7, 11) is 1.38. The normalized spacial score (nSPS) is 9.77. The van der Waals surface area contributed by atoms with Gasteiger partial charge in [0.25, 0.3) is 0 Å². The molecule has 0 atom stereocenters. The molecule has 0 N–H and O–H groups in total. The Hall–Kier alpha value is -0.100. The molecule has 2 nitrogen and oxygen atoms in total. The van der Waals surface area contributed by atoms with Gasteiger partial charge in [-0.05, 0) is 46.4 Å². The van der Waals surface area contributed by atoms with Crippen LogP contribution in [0.4, 0.5) is 0 Å². The molecule has 0 aliphatic heterocycles. The average Bonchev–Trinajstić information content (AvgIpc) is 2.15. The highest BCUT2D eigenvalue weighted by Crippen LogP contribution is 2.15. The van der Waals surface area contributed by atoms with Gasteiger partial charge in [0.15, 0.2) is 0 Å². The number of carbonyl (C=O) groups is 1. The van der Waals surface area contributed by atoms with Crippen LogP contribution < -0.4 is 0 Å². The van der Waals surface area contributed by atoms with Crippen molar-refractivity contribution in [2.45, 2.75) is 5.33 Å². The van der Waals surface area contributed by atoms with E-state index in [1.165, 1.54) is 7.11 Å². The van der Waals surface area contributed by atoms with E-state index in [2.05, 4.69) is 43.3 Å². The Balaban J connectivity index is 3.08. The predicted molar refractivity (Wildman–Crippen MR) is 63.1 cm³/mol. The molecule has 0 heterocycles. The third-order valence-corrected chi connectivity index (χ3v) is 2.80. The molecule has 0 amide bonds. The molecule has 0 radical (unpaired) electrons. The Bertz CT molecular complexity index is 325. The van der Waals surface area contributed by atoms with E-state index in [4.69, 9.17) is 0 Å². The fourth-order valence-electron chi connectivity index (χ4n) is 0.963. The SMILES string of the molecule is COC(=O)c1cc(I)cc(CBr)c1. The van der Waals surface area contributed by atoms with Gasteiger partial charge in [0.05, 0.1) is 12.7 Å². The van der Waals surface area contributed by atoms with Crippen LogP contribution in [-0.4, -0.2) is 13.1 Å². The van der Waals surface area contributed by atoms with Crippen LogP contribution in [0, 0.1) is 3.57 Å². The second-order valence-electron chi connectivity index (χ2n) is 2.47. The monoisotopic (exact) mass is 354 g/mol. The van der Waals surface area contributed by atoms with Crippen molar-refractivity contribution < 1.29 is 9.53 Å². The molecule has 13 heavy (non-hydrogen) atoms. The topological polar surface area (TPSA) is 26.3 Å². The second kappa shape index (κ2) is 4.95. The largest absolute Gasteiger partial charge is 0.465 e. The maximum atomic E-state index is 11.2. The molecule has 0 saturated heterocycles. The van der Waals surface area contributed by atoms with Gasteiger partial charge in [0.2, 0.25) is 0 Å². The molecular weight excluding hydrogens is 347 g/mol. The summed E-state index contributed by atoms with van der Waals surface area (Å²) in [6, 6.07) is 5.64. The van der Waals surface area contributed by atoms with Crippen LogP contribution in [0.15, 0.2) is 18.2 Å². The zero-order valence-corrected chi connectivity index (χ0v) is 10.8. The molecule has 0 bridgehead atoms. The number of hydrogen-bond acceptors (Lipinski definition) is 2. The quantitative estimate of drug-likeness (QED) is 0.463. The van der Waals surface area contributed by atoms with E-state index in [0.29, 0.717) is 5.56 Å². The standard InChI is InChI=1S/C9H8BrIO2/c1-13-9(12)7-2-6(5-10)3-8(11)4-7/h2-4H,5H2,1H3. The van der Waals surface area contributed by atoms with Gasteiger partial charge in [-0.15, -0.1) is 0 Å². The zero-order valence-electron chi connectivity index (χ0n) is 7.01. The first-order chi connectivity index (χ1) is 6.17. The summed E-state index contributed by atoms with van der Waals surface area (Å²) in [4.78, 5) is 11.2. The maximum absolute atomic E-state index is 11.2. The van der Waals surface area contributed by atoms with Gasteiger partial charge < -0.3 is 4.74 Å². The maximum Gasteiger partial charge on any atom is 0.337 e. The van der Waals surface area contributed by atoms with Crippen molar-refractivity contribution in [3.8, 4) is 0 Å². The van der Waals surface area contributed by atoms with Crippen molar-refractivity contribution in [2.24, 2.45) is 0 Å². The van der Waals surface area contributed by atoms with E-state index in [-0.39, 0.29) is 5.97 Å². The van der Waals surface area contributed by atoms with Gasteiger partial charge in [-0.25, -0.2) is 4.79 Å². The minimum absolute atomic E-state index is 0.291. The van der Waals surface area contributed by atoms with Gasteiger partial charge >= 0.3 is 5.97 Å². The molecule has 0 unspecified atom stereocenters. The first kappa shape index (κ1) is 11.0. The van der Waals surface area contributed by atoms with Crippen molar-refractivity contribution in [3.63, 3.8) is 0 Å². The molecule has 70 valence electrons. The highest BCUT2D eigenvalue weighted by Gasteiger charge is 2.06. The highest BCUT2D eigenvalue weighted by atomic mass is 127. The lowest BCUT2D eigenvalue weighted by molar-refractivity contribution is 0.0600. The average molecular weight is 355 g/mol. The number of ether oxygens (including phenoxy) is 1. The summed E-state index contributed by atoms with van der Waals surface area (Å²) in [5.74, 6) is -0.291. The Morgan fingerprint density at radius 1 is 1.54 bits per heavy atom. The highest BCUT2D eigenvalue weighted by molar-refractivity contribution is 14.1. The summed E-state index contributed by atoms with van der Waals surface area (Å²) in [5, 5.41) is 0.744. The Morgan fingerprint density at radius 2 is 2.23 bits per heavy atom. The number of carbonyl (C=O) groups excluding carboxylic acids is 1. The summed E-state index contributed by atoms with van der Waals surface area (Å²) >= 11 is 5.52. The van der Waals surface area contributed by atoms with Crippen LogP contribution in [0.3, 0.4) is 0 Å². The van der Waals surface area contributed by atoms with Crippen LogP contribution in [0.25, 0.3) is 0 Å². The summed E-state index contributed by atoms with van der Waals surface area (Å²) in [5.41, 5.74) is 1.68.